The fourth-order valence-electron chi connectivity index (χ4n) is 1.48. The van der Waals surface area contributed by atoms with Crippen molar-refractivity contribution in [3.63, 3.8) is 0 Å². The molecular formula is C9H12F5NO2. The summed E-state index contributed by atoms with van der Waals surface area (Å²) in [6, 6.07) is -0.718. The lowest BCUT2D eigenvalue weighted by atomic mass is 9.97. The number of rotatable bonds is 2. The Kier molecular flexibility index (Phi) is 3.95. The number of amides is 1. The molecule has 3 nitrogen and oxygen atoms in total. The van der Waals surface area contributed by atoms with Gasteiger partial charge in [0.15, 0.2) is 0 Å². The van der Waals surface area contributed by atoms with Gasteiger partial charge in [-0.3, -0.25) is 4.79 Å². The summed E-state index contributed by atoms with van der Waals surface area (Å²) in [6.07, 6.45) is -5.65. The molecule has 1 saturated heterocycles. The number of nitrogens with one attached hydrogen (secondary N) is 1. The second-order valence-electron chi connectivity index (χ2n) is 3.99. The average molecular weight is 261 g/mol. The van der Waals surface area contributed by atoms with Gasteiger partial charge < -0.3 is 10.1 Å². The van der Waals surface area contributed by atoms with Crippen LogP contribution >= 0.6 is 0 Å². The molecule has 1 amide bonds. The lowest BCUT2D eigenvalue weighted by molar-refractivity contribution is -0.270. The summed E-state index contributed by atoms with van der Waals surface area (Å²) in [5.41, 5.74) is 0. The van der Waals surface area contributed by atoms with Crippen molar-refractivity contribution in [1.29, 1.82) is 0 Å². The van der Waals surface area contributed by atoms with Crippen molar-refractivity contribution in [2.45, 2.75) is 31.5 Å². The first-order valence-electron chi connectivity index (χ1n) is 4.99. The third-order valence-electron chi connectivity index (χ3n) is 2.60. The first-order valence-corrected chi connectivity index (χ1v) is 4.99. The smallest absolute Gasteiger partial charge is 0.381 e. The molecule has 0 radical (unpaired) electrons. The van der Waals surface area contributed by atoms with E-state index in [4.69, 9.17) is 4.74 Å². The van der Waals surface area contributed by atoms with Crippen LogP contribution in [0.2, 0.25) is 0 Å². The number of hydrogen-bond donors (Lipinski definition) is 1. The first kappa shape index (κ1) is 14.1. The SMILES string of the molecule is CC1COCCC1NC(=O)C(F)(F)C(F)(F)F. The van der Waals surface area contributed by atoms with Crippen LogP contribution in [-0.4, -0.2) is 37.3 Å². The first-order chi connectivity index (χ1) is 7.66. The number of carbonyl (C=O) groups excluding carboxylic acids is 1. The minimum absolute atomic E-state index is 0.223. The van der Waals surface area contributed by atoms with Gasteiger partial charge in [-0.1, -0.05) is 6.92 Å². The molecule has 1 rings (SSSR count). The molecule has 100 valence electrons. The van der Waals surface area contributed by atoms with E-state index in [1.165, 1.54) is 0 Å². The number of hydrogen-bond acceptors (Lipinski definition) is 2. The molecule has 0 aromatic carbocycles. The Labute approximate surface area is 94.3 Å². The molecule has 0 aromatic heterocycles. The van der Waals surface area contributed by atoms with Gasteiger partial charge >= 0.3 is 18.0 Å². The van der Waals surface area contributed by atoms with Crippen molar-refractivity contribution in [2.24, 2.45) is 5.92 Å². The Morgan fingerprint density at radius 1 is 1.29 bits per heavy atom. The monoisotopic (exact) mass is 261 g/mol. The highest BCUT2D eigenvalue weighted by molar-refractivity contribution is 5.84. The van der Waals surface area contributed by atoms with Crippen molar-refractivity contribution in [3.05, 3.63) is 0 Å². The molecular weight excluding hydrogens is 249 g/mol. The largest absolute Gasteiger partial charge is 0.463 e. The zero-order valence-electron chi connectivity index (χ0n) is 8.98. The number of halogens is 5. The van der Waals surface area contributed by atoms with E-state index in [2.05, 4.69) is 0 Å². The van der Waals surface area contributed by atoms with Crippen LogP contribution in [-0.2, 0) is 9.53 Å². The van der Waals surface area contributed by atoms with Gasteiger partial charge in [-0.05, 0) is 12.3 Å². The zero-order valence-corrected chi connectivity index (χ0v) is 8.98. The average Bonchev–Trinajstić information content (AvgIpc) is 2.19. The van der Waals surface area contributed by atoms with Crippen LogP contribution in [0.1, 0.15) is 13.3 Å². The molecule has 17 heavy (non-hydrogen) atoms. The van der Waals surface area contributed by atoms with Crippen LogP contribution in [0.3, 0.4) is 0 Å². The van der Waals surface area contributed by atoms with Gasteiger partial charge in [0, 0.05) is 12.6 Å². The van der Waals surface area contributed by atoms with E-state index in [0.717, 1.165) is 0 Å². The molecule has 1 aliphatic rings. The van der Waals surface area contributed by atoms with Crippen molar-refractivity contribution < 1.29 is 31.5 Å². The van der Waals surface area contributed by atoms with E-state index in [0.29, 0.717) is 0 Å². The number of carbonyl (C=O) groups is 1. The Bertz CT molecular complexity index is 292. The van der Waals surface area contributed by atoms with E-state index in [-0.39, 0.29) is 25.6 Å². The maximum absolute atomic E-state index is 12.6. The van der Waals surface area contributed by atoms with Crippen molar-refractivity contribution >= 4 is 5.91 Å². The highest BCUT2D eigenvalue weighted by Gasteiger charge is 2.63. The standard InChI is InChI=1S/C9H12F5NO2/c1-5-4-17-3-2-6(5)15-7(16)8(10,11)9(12,13)14/h5-6H,2-4H2,1H3,(H,15,16). The Hall–Kier alpha value is -0.920. The van der Waals surface area contributed by atoms with Crippen LogP contribution in [0.15, 0.2) is 0 Å². The predicted molar refractivity (Wildman–Crippen MR) is 47.5 cm³/mol. The second kappa shape index (κ2) is 4.75. The molecule has 0 bridgehead atoms. The van der Waals surface area contributed by atoms with Crippen LogP contribution in [0.4, 0.5) is 22.0 Å². The van der Waals surface area contributed by atoms with Crippen molar-refractivity contribution in [2.75, 3.05) is 13.2 Å². The summed E-state index contributed by atoms with van der Waals surface area (Å²) >= 11 is 0. The maximum Gasteiger partial charge on any atom is 0.463 e. The fraction of sp³-hybridized carbons (Fsp3) is 0.889. The van der Waals surface area contributed by atoms with Gasteiger partial charge in [-0.25, -0.2) is 0 Å². The molecule has 0 aliphatic carbocycles. The lowest BCUT2D eigenvalue weighted by Gasteiger charge is -2.31. The summed E-state index contributed by atoms with van der Waals surface area (Å²) in [6.45, 7) is 2.06. The Balaban J connectivity index is 2.65. The van der Waals surface area contributed by atoms with Gasteiger partial charge in [0.25, 0.3) is 0 Å². The minimum Gasteiger partial charge on any atom is -0.381 e. The molecule has 1 fully saturated rings. The van der Waals surface area contributed by atoms with Crippen LogP contribution in [0.25, 0.3) is 0 Å². The third-order valence-corrected chi connectivity index (χ3v) is 2.60. The van der Waals surface area contributed by atoms with Gasteiger partial charge in [0.05, 0.1) is 6.61 Å². The second-order valence-corrected chi connectivity index (χ2v) is 3.99. The summed E-state index contributed by atoms with van der Waals surface area (Å²) < 4.78 is 66.0. The maximum atomic E-state index is 12.6. The van der Waals surface area contributed by atoms with Crippen LogP contribution < -0.4 is 5.32 Å². The van der Waals surface area contributed by atoms with Crippen LogP contribution in [0, 0.1) is 5.92 Å². The van der Waals surface area contributed by atoms with E-state index < -0.39 is 24.0 Å². The highest BCUT2D eigenvalue weighted by Crippen LogP contribution is 2.35. The van der Waals surface area contributed by atoms with E-state index in [1.807, 2.05) is 0 Å². The fourth-order valence-corrected chi connectivity index (χ4v) is 1.48. The minimum atomic E-state index is -5.87. The Morgan fingerprint density at radius 2 is 1.88 bits per heavy atom. The van der Waals surface area contributed by atoms with Gasteiger partial charge in [-0.2, -0.15) is 22.0 Å². The summed E-state index contributed by atoms with van der Waals surface area (Å²) in [5.74, 6) is -7.95. The molecule has 8 heteroatoms. The summed E-state index contributed by atoms with van der Waals surface area (Å²) in [7, 11) is 0. The van der Waals surface area contributed by atoms with Crippen LogP contribution in [0.5, 0.6) is 0 Å². The van der Waals surface area contributed by atoms with Gasteiger partial charge in [-0.15, -0.1) is 0 Å². The third kappa shape index (κ3) is 3.05. The van der Waals surface area contributed by atoms with Gasteiger partial charge in [0.2, 0.25) is 0 Å². The molecule has 1 heterocycles. The lowest BCUT2D eigenvalue weighted by Crippen LogP contribution is -2.55. The normalized spacial score (nSPS) is 26.7. The quantitative estimate of drug-likeness (QED) is 0.769. The predicted octanol–water partition coefficient (Wildman–Crippen LogP) is 1.73. The van der Waals surface area contributed by atoms with Crippen molar-refractivity contribution in [1.82, 2.24) is 5.32 Å². The topological polar surface area (TPSA) is 38.3 Å². The number of alkyl halides is 5. The summed E-state index contributed by atoms with van der Waals surface area (Å²) in [4.78, 5) is 10.9. The van der Waals surface area contributed by atoms with Crippen molar-refractivity contribution in [3.8, 4) is 0 Å². The zero-order chi connectivity index (χ0) is 13.3. The highest BCUT2D eigenvalue weighted by atomic mass is 19.4. The Morgan fingerprint density at radius 3 is 2.35 bits per heavy atom. The van der Waals surface area contributed by atoms with E-state index in [9.17, 15) is 26.7 Å². The molecule has 0 spiro atoms. The van der Waals surface area contributed by atoms with Gasteiger partial charge in [0.1, 0.15) is 0 Å². The number of ether oxygens (including phenoxy) is 1. The van der Waals surface area contributed by atoms with E-state index >= 15 is 0 Å². The molecule has 1 N–H and O–H groups in total. The molecule has 2 atom stereocenters. The van der Waals surface area contributed by atoms with E-state index in [1.54, 1.807) is 12.2 Å². The molecule has 0 saturated carbocycles. The molecule has 0 aromatic rings. The molecule has 2 unspecified atom stereocenters. The summed E-state index contributed by atoms with van der Waals surface area (Å²) in [5, 5.41) is 1.73. The molecule has 1 aliphatic heterocycles.